The molecule has 2 rings (SSSR count). The third-order valence-electron chi connectivity index (χ3n) is 3.40. The molecule has 0 aromatic heterocycles. The highest BCUT2D eigenvalue weighted by molar-refractivity contribution is 7.89. The van der Waals surface area contributed by atoms with E-state index in [4.69, 9.17) is 10.5 Å². The number of hydrogen-bond donors (Lipinski definition) is 2. The molecule has 1 aromatic rings. The first-order chi connectivity index (χ1) is 8.98. The largest absolute Gasteiger partial charge is 0.399 e. The van der Waals surface area contributed by atoms with Gasteiger partial charge in [-0.25, -0.2) is 13.1 Å². The Kier molecular flexibility index (Phi) is 4.44. The average Bonchev–Trinajstić information content (AvgIpc) is 2.83. The SMILES string of the molecule is Cc1c(N)cccc1CNS(=O)(=O)CC1CCCO1. The molecule has 1 aliphatic rings. The Morgan fingerprint density at radius 2 is 2.26 bits per heavy atom. The van der Waals surface area contributed by atoms with E-state index in [-0.39, 0.29) is 18.4 Å². The average molecular weight is 284 g/mol. The van der Waals surface area contributed by atoms with Gasteiger partial charge in [-0.15, -0.1) is 0 Å². The van der Waals surface area contributed by atoms with Gasteiger partial charge in [-0.05, 0) is 37.0 Å². The maximum Gasteiger partial charge on any atom is 0.214 e. The van der Waals surface area contributed by atoms with Crippen LogP contribution in [0.2, 0.25) is 0 Å². The molecular weight excluding hydrogens is 264 g/mol. The van der Waals surface area contributed by atoms with Crippen molar-refractivity contribution >= 4 is 15.7 Å². The molecule has 0 radical (unpaired) electrons. The molecule has 1 fully saturated rings. The van der Waals surface area contributed by atoms with Crippen LogP contribution >= 0.6 is 0 Å². The minimum atomic E-state index is -3.31. The monoisotopic (exact) mass is 284 g/mol. The minimum Gasteiger partial charge on any atom is -0.399 e. The number of hydrogen-bond acceptors (Lipinski definition) is 4. The highest BCUT2D eigenvalue weighted by Gasteiger charge is 2.23. The number of nitrogens with two attached hydrogens (primary N) is 1. The van der Waals surface area contributed by atoms with Crippen molar-refractivity contribution in [3.05, 3.63) is 29.3 Å². The van der Waals surface area contributed by atoms with E-state index in [9.17, 15) is 8.42 Å². The fourth-order valence-electron chi connectivity index (χ4n) is 2.16. The fourth-order valence-corrected chi connectivity index (χ4v) is 3.41. The lowest BCUT2D eigenvalue weighted by molar-refractivity contribution is 0.127. The second-order valence-corrected chi connectivity index (χ2v) is 6.72. The molecule has 0 spiro atoms. The third kappa shape index (κ3) is 3.92. The zero-order chi connectivity index (χ0) is 13.9. The number of sulfonamides is 1. The van der Waals surface area contributed by atoms with Crippen molar-refractivity contribution in [1.29, 1.82) is 0 Å². The van der Waals surface area contributed by atoms with Crippen LogP contribution in [0.4, 0.5) is 5.69 Å². The Labute approximate surface area is 114 Å². The summed E-state index contributed by atoms with van der Waals surface area (Å²) >= 11 is 0. The Hall–Kier alpha value is -1.11. The number of benzene rings is 1. The van der Waals surface area contributed by atoms with Crippen molar-refractivity contribution in [1.82, 2.24) is 4.72 Å². The van der Waals surface area contributed by atoms with Gasteiger partial charge in [0, 0.05) is 18.8 Å². The van der Waals surface area contributed by atoms with E-state index in [2.05, 4.69) is 4.72 Å². The van der Waals surface area contributed by atoms with Crippen LogP contribution in [-0.2, 0) is 21.3 Å². The molecule has 6 heteroatoms. The van der Waals surface area contributed by atoms with Crippen molar-refractivity contribution in [2.24, 2.45) is 0 Å². The van der Waals surface area contributed by atoms with Crippen molar-refractivity contribution in [2.45, 2.75) is 32.4 Å². The molecule has 19 heavy (non-hydrogen) atoms. The van der Waals surface area contributed by atoms with Gasteiger partial charge in [-0.2, -0.15) is 0 Å². The summed E-state index contributed by atoms with van der Waals surface area (Å²) in [5.74, 6) is 0.0361. The van der Waals surface area contributed by atoms with Crippen molar-refractivity contribution in [2.75, 3.05) is 18.1 Å². The molecule has 1 atom stereocenters. The highest BCUT2D eigenvalue weighted by atomic mass is 32.2. The summed E-state index contributed by atoms with van der Waals surface area (Å²) in [5.41, 5.74) is 8.29. The molecule has 1 unspecified atom stereocenters. The van der Waals surface area contributed by atoms with Gasteiger partial charge in [0.1, 0.15) is 0 Å². The summed E-state index contributed by atoms with van der Waals surface area (Å²) in [6.07, 6.45) is 1.59. The summed E-state index contributed by atoms with van der Waals surface area (Å²) < 4.78 is 31.8. The molecule has 0 amide bonds. The second kappa shape index (κ2) is 5.90. The van der Waals surface area contributed by atoms with E-state index in [1.807, 2.05) is 19.1 Å². The zero-order valence-electron chi connectivity index (χ0n) is 11.1. The molecule has 1 heterocycles. The molecule has 0 bridgehead atoms. The fraction of sp³-hybridized carbons (Fsp3) is 0.538. The minimum absolute atomic E-state index is 0.0361. The lowest BCUT2D eigenvalue weighted by atomic mass is 10.1. The maximum atomic E-state index is 11.9. The summed E-state index contributed by atoms with van der Waals surface area (Å²) in [5, 5.41) is 0. The predicted octanol–water partition coefficient (Wildman–Crippen LogP) is 1.18. The number of ether oxygens (including phenoxy) is 1. The standard InChI is InChI=1S/C13H20N2O3S/c1-10-11(4-2-6-13(10)14)8-15-19(16,17)9-12-5-3-7-18-12/h2,4,6,12,15H,3,5,7-9,14H2,1H3. The summed E-state index contributed by atoms with van der Waals surface area (Å²) in [6.45, 7) is 2.82. The van der Waals surface area contributed by atoms with Gasteiger partial charge in [0.15, 0.2) is 0 Å². The van der Waals surface area contributed by atoms with Crippen molar-refractivity contribution < 1.29 is 13.2 Å². The van der Waals surface area contributed by atoms with Gasteiger partial charge in [-0.3, -0.25) is 0 Å². The van der Waals surface area contributed by atoms with Crippen molar-refractivity contribution in [3.8, 4) is 0 Å². The topological polar surface area (TPSA) is 81.4 Å². The molecule has 3 N–H and O–H groups in total. The lowest BCUT2D eigenvalue weighted by Gasteiger charge is -2.13. The first-order valence-electron chi connectivity index (χ1n) is 6.41. The van der Waals surface area contributed by atoms with E-state index < -0.39 is 10.0 Å². The number of anilines is 1. The Bertz CT molecular complexity index is 537. The Balaban J connectivity index is 1.95. The second-order valence-electron chi connectivity index (χ2n) is 4.87. The van der Waals surface area contributed by atoms with Gasteiger partial charge >= 0.3 is 0 Å². The highest BCUT2D eigenvalue weighted by Crippen LogP contribution is 2.16. The molecule has 1 aliphatic heterocycles. The van der Waals surface area contributed by atoms with Crippen LogP contribution in [0.5, 0.6) is 0 Å². The molecule has 1 aromatic carbocycles. The van der Waals surface area contributed by atoms with Gasteiger partial charge in [0.05, 0.1) is 11.9 Å². The predicted molar refractivity (Wildman–Crippen MR) is 75.2 cm³/mol. The zero-order valence-corrected chi connectivity index (χ0v) is 11.9. The molecule has 106 valence electrons. The molecule has 5 nitrogen and oxygen atoms in total. The first kappa shape index (κ1) is 14.3. The van der Waals surface area contributed by atoms with E-state index in [0.29, 0.717) is 12.3 Å². The molecular formula is C13H20N2O3S. The van der Waals surface area contributed by atoms with Crippen LogP contribution in [0, 0.1) is 6.92 Å². The van der Waals surface area contributed by atoms with Gasteiger partial charge in [0.25, 0.3) is 0 Å². The van der Waals surface area contributed by atoms with Crippen LogP contribution in [0.3, 0.4) is 0 Å². The Morgan fingerprint density at radius 3 is 2.95 bits per heavy atom. The van der Waals surface area contributed by atoms with Gasteiger partial charge in [-0.1, -0.05) is 12.1 Å². The van der Waals surface area contributed by atoms with E-state index in [0.717, 1.165) is 24.0 Å². The molecule has 0 aliphatic carbocycles. The Morgan fingerprint density at radius 1 is 1.47 bits per heavy atom. The lowest BCUT2D eigenvalue weighted by Crippen LogP contribution is -2.31. The third-order valence-corrected chi connectivity index (χ3v) is 4.79. The summed E-state index contributed by atoms with van der Waals surface area (Å²) in [7, 11) is -3.31. The van der Waals surface area contributed by atoms with Crippen LogP contribution in [0.25, 0.3) is 0 Å². The first-order valence-corrected chi connectivity index (χ1v) is 8.06. The summed E-state index contributed by atoms with van der Waals surface area (Å²) in [4.78, 5) is 0. The smallest absolute Gasteiger partial charge is 0.214 e. The van der Waals surface area contributed by atoms with E-state index in [1.165, 1.54) is 0 Å². The van der Waals surface area contributed by atoms with Crippen LogP contribution in [0.1, 0.15) is 24.0 Å². The summed E-state index contributed by atoms with van der Waals surface area (Å²) in [6, 6.07) is 5.51. The van der Waals surface area contributed by atoms with Crippen LogP contribution in [-0.4, -0.2) is 26.9 Å². The van der Waals surface area contributed by atoms with E-state index >= 15 is 0 Å². The normalized spacial score (nSPS) is 19.7. The van der Waals surface area contributed by atoms with E-state index in [1.54, 1.807) is 6.07 Å². The number of rotatable bonds is 5. The number of nitrogens with one attached hydrogen (secondary N) is 1. The number of nitrogen functional groups attached to an aromatic ring is 1. The van der Waals surface area contributed by atoms with Crippen molar-refractivity contribution in [3.63, 3.8) is 0 Å². The van der Waals surface area contributed by atoms with Crippen LogP contribution < -0.4 is 10.5 Å². The van der Waals surface area contributed by atoms with Gasteiger partial charge in [0.2, 0.25) is 10.0 Å². The quantitative estimate of drug-likeness (QED) is 0.795. The van der Waals surface area contributed by atoms with Crippen LogP contribution in [0.15, 0.2) is 18.2 Å². The van der Waals surface area contributed by atoms with Gasteiger partial charge < -0.3 is 10.5 Å². The molecule has 1 saturated heterocycles. The maximum absolute atomic E-state index is 11.9. The molecule has 0 saturated carbocycles.